The summed E-state index contributed by atoms with van der Waals surface area (Å²) in [6, 6.07) is 5.85. The molecule has 2 aromatic rings. The van der Waals surface area contributed by atoms with E-state index in [0.29, 0.717) is 0 Å². The van der Waals surface area contributed by atoms with E-state index < -0.39 is 0 Å². The third-order valence-corrected chi connectivity index (χ3v) is 2.45. The minimum absolute atomic E-state index is 0.102. The number of hydrogen-bond donors (Lipinski definition) is 1. The lowest BCUT2D eigenvalue weighted by Gasteiger charge is -1.89. The van der Waals surface area contributed by atoms with Crippen molar-refractivity contribution in [3.05, 3.63) is 29.3 Å². The molecule has 1 heterocycles. The fraction of sp³-hybridized carbons (Fsp3) is 0.100. The number of aliphatic hydroxyl groups excluding tert-OH is 1. The Balaban J connectivity index is 2.48. The summed E-state index contributed by atoms with van der Waals surface area (Å²) in [5, 5.41) is 8.51. The van der Waals surface area contributed by atoms with Crippen LogP contribution in [0.3, 0.4) is 0 Å². The Morgan fingerprint density at radius 3 is 3.23 bits per heavy atom. The smallest absolute Gasteiger partial charge is 0.104 e. The van der Waals surface area contributed by atoms with Crippen molar-refractivity contribution in [2.45, 2.75) is 0 Å². The van der Waals surface area contributed by atoms with Gasteiger partial charge in [-0.2, -0.15) is 0 Å². The summed E-state index contributed by atoms with van der Waals surface area (Å²) in [5.41, 5.74) is 3.68. The van der Waals surface area contributed by atoms with E-state index in [1.165, 1.54) is 0 Å². The number of rotatable bonds is 0. The third kappa shape index (κ3) is 1.69. The zero-order chi connectivity index (χ0) is 9.10. The molecule has 0 unspecified atom stereocenters. The first-order valence-corrected chi connectivity index (χ1v) is 4.71. The van der Waals surface area contributed by atoms with Gasteiger partial charge in [0.1, 0.15) is 6.61 Å². The Bertz CT molecular complexity index is 478. The minimum atomic E-state index is -0.102. The van der Waals surface area contributed by atoms with Gasteiger partial charge in [0.05, 0.1) is 15.7 Å². The average molecular weight is 189 g/mol. The number of benzene rings is 1. The maximum absolute atomic E-state index is 8.51. The molecule has 1 aromatic carbocycles. The van der Waals surface area contributed by atoms with E-state index in [9.17, 15) is 0 Å². The predicted molar refractivity (Wildman–Crippen MR) is 53.6 cm³/mol. The molecule has 13 heavy (non-hydrogen) atoms. The van der Waals surface area contributed by atoms with E-state index in [1.807, 2.05) is 23.7 Å². The van der Waals surface area contributed by atoms with Gasteiger partial charge in [0.25, 0.3) is 0 Å². The molecule has 2 rings (SSSR count). The second-order valence-electron chi connectivity index (χ2n) is 2.49. The molecule has 64 valence electrons. The molecule has 0 bridgehead atoms. The standard InChI is InChI=1S/C10H7NOS/c12-5-1-2-8-3-4-10-9(6-8)11-7-13-10/h3-4,6-7,12H,5H2. The van der Waals surface area contributed by atoms with Gasteiger partial charge in [0.15, 0.2) is 0 Å². The van der Waals surface area contributed by atoms with E-state index in [1.54, 1.807) is 11.3 Å². The summed E-state index contributed by atoms with van der Waals surface area (Å²) in [6.07, 6.45) is 0. The van der Waals surface area contributed by atoms with E-state index >= 15 is 0 Å². The highest BCUT2D eigenvalue weighted by Gasteiger charge is 1.95. The SMILES string of the molecule is OCC#Cc1ccc2scnc2c1. The first kappa shape index (κ1) is 8.24. The van der Waals surface area contributed by atoms with Crippen LogP contribution in [-0.2, 0) is 0 Å². The summed E-state index contributed by atoms with van der Waals surface area (Å²) < 4.78 is 1.16. The van der Waals surface area contributed by atoms with Crippen molar-refractivity contribution in [3.63, 3.8) is 0 Å². The topological polar surface area (TPSA) is 33.1 Å². The highest BCUT2D eigenvalue weighted by atomic mass is 32.1. The lowest BCUT2D eigenvalue weighted by atomic mass is 10.2. The number of nitrogens with zero attached hydrogens (tertiary/aromatic N) is 1. The van der Waals surface area contributed by atoms with Gasteiger partial charge in [0.2, 0.25) is 0 Å². The van der Waals surface area contributed by atoms with Crippen LogP contribution in [-0.4, -0.2) is 16.7 Å². The Hall–Kier alpha value is -1.37. The summed E-state index contributed by atoms with van der Waals surface area (Å²) >= 11 is 1.61. The van der Waals surface area contributed by atoms with Crippen molar-refractivity contribution >= 4 is 21.6 Å². The predicted octanol–water partition coefficient (Wildman–Crippen LogP) is 1.64. The van der Waals surface area contributed by atoms with Crippen LogP contribution < -0.4 is 0 Å². The molecule has 0 fully saturated rings. The summed E-state index contributed by atoms with van der Waals surface area (Å²) in [5.74, 6) is 5.44. The number of hydrogen-bond acceptors (Lipinski definition) is 3. The van der Waals surface area contributed by atoms with Gasteiger partial charge in [-0.1, -0.05) is 11.8 Å². The number of aliphatic hydroxyl groups is 1. The van der Waals surface area contributed by atoms with Crippen molar-refractivity contribution in [3.8, 4) is 11.8 Å². The maximum atomic E-state index is 8.51. The second kappa shape index (κ2) is 3.56. The van der Waals surface area contributed by atoms with Gasteiger partial charge in [-0.15, -0.1) is 11.3 Å². The summed E-state index contributed by atoms with van der Waals surface area (Å²) in [4.78, 5) is 4.18. The molecule has 0 spiro atoms. The van der Waals surface area contributed by atoms with Crippen LogP contribution in [0.15, 0.2) is 23.7 Å². The van der Waals surface area contributed by atoms with Crippen LogP contribution in [0.4, 0.5) is 0 Å². The third-order valence-electron chi connectivity index (χ3n) is 1.64. The highest BCUT2D eigenvalue weighted by molar-refractivity contribution is 7.16. The van der Waals surface area contributed by atoms with Crippen LogP contribution in [0.1, 0.15) is 5.56 Å². The van der Waals surface area contributed by atoms with Gasteiger partial charge in [-0.05, 0) is 18.2 Å². The quantitative estimate of drug-likeness (QED) is 0.639. The van der Waals surface area contributed by atoms with Gasteiger partial charge in [-0.25, -0.2) is 4.98 Å². The van der Waals surface area contributed by atoms with E-state index in [2.05, 4.69) is 16.8 Å². The highest BCUT2D eigenvalue weighted by Crippen LogP contribution is 2.18. The largest absolute Gasteiger partial charge is 0.384 e. The zero-order valence-corrected chi connectivity index (χ0v) is 7.64. The first-order chi connectivity index (χ1) is 6.40. The Morgan fingerprint density at radius 1 is 1.46 bits per heavy atom. The van der Waals surface area contributed by atoms with Crippen LogP contribution in [0.5, 0.6) is 0 Å². The van der Waals surface area contributed by atoms with E-state index in [0.717, 1.165) is 15.8 Å². The minimum Gasteiger partial charge on any atom is -0.384 e. The van der Waals surface area contributed by atoms with Crippen LogP contribution in [0.25, 0.3) is 10.2 Å². The molecule has 0 atom stereocenters. The molecular formula is C10H7NOS. The van der Waals surface area contributed by atoms with Crippen molar-refractivity contribution in [2.75, 3.05) is 6.61 Å². The molecule has 0 radical (unpaired) electrons. The molecule has 0 saturated heterocycles. The molecule has 0 saturated carbocycles. The number of thiazole rings is 1. The molecule has 3 heteroatoms. The van der Waals surface area contributed by atoms with E-state index in [4.69, 9.17) is 5.11 Å². The fourth-order valence-electron chi connectivity index (χ4n) is 1.08. The van der Waals surface area contributed by atoms with Crippen molar-refractivity contribution in [1.29, 1.82) is 0 Å². The first-order valence-electron chi connectivity index (χ1n) is 3.83. The zero-order valence-electron chi connectivity index (χ0n) is 6.82. The molecule has 0 aliphatic rings. The molecule has 1 aromatic heterocycles. The molecule has 1 N–H and O–H groups in total. The monoisotopic (exact) mass is 189 g/mol. The van der Waals surface area contributed by atoms with Crippen LogP contribution in [0.2, 0.25) is 0 Å². The average Bonchev–Trinajstić information content (AvgIpc) is 2.61. The van der Waals surface area contributed by atoms with E-state index in [-0.39, 0.29) is 6.61 Å². The molecule has 0 aliphatic carbocycles. The molecule has 0 aliphatic heterocycles. The van der Waals surface area contributed by atoms with Gasteiger partial charge in [0, 0.05) is 5.56 Å². The number of fused-ring (bicyclic) bond motifs is 1. The molecular weight excluding hydrogens is 182 g/mol. The van der Waals surface area contributed by atoms with Gasteiger partial charge < -0.3 is 5.11 Å². The van der Waals surface area contributed by atoms with Gasteiger partial charge >= 0.3 is 0 Å². The van der Waals surface area contributed by atoms with Crippen molar-refractivity contribution < 1.29 is 5.11 Å². The normalized spacial score (nSPS) is 9.62. The second-order valence-corrected chi connectivity index (χ2v) is 3.38. The number of aromatic nitrogens is 1. The maximum Gasteiger partial charge on any atom is 0.104 e. The molecule has 0 amide bonds. The Kier molecular flexibility index (Phi) is 2.26. The Labute approximate surface area is 79.9 Å². The summed E-state index contributed by atoms with van der Waals surface area (Å²) in [7, 11) is 0. The van der Waals surface area contributed by atoms with Crippen molar-refractivity contribution in [2.24, 2.45) is 0 Å². The molecule has 2 nitrogen and oxygen atoms in total. The lowest BCUT2D eigenvalue weighted by Crippen LogP contribution is -1.76. The van der Waals surface area contributed by atoms with Crippen molar-refractivity contribution in [1.82, 2.24) is 4.98 Å². The van der Waals surface area contributed by atoms with Crippen LogP contribution in [0, 0.1) is 11.8 Å². The van der Waals surface area contributed by atoms with Crippen LogP contribution >= 0.6 is 11.3 Å². The Morgan fingerprint density at radius 2 is 2.38 bits per heavy atom. The van der Waals surface area contributed by atoms with Gasteiger partial charge in [-0.3, -0.25) is 0 Å². The lowest BCUT2D eigenvalue weighted by molar-refractivity contribution is 0.350. The fourth-order valence-corrected chi connectivity index (χ4v) is 1.74. The summed E-state index contributed by atoms with van der Waals surface area (Å²) in [6.45, 7) is -0.102.